The third-order valence-corrected chi connectivity index (χ3v) is 4.23. The van der Waals surface area contributed by atoms with Gasteiger partial charge in [0.2, 0.25) is 0 Å². The summed E-state index contributed by atoms with van der Waals surface area (Å²) in [6, 6.07) is 13.1. The van der Waals surface area contributed by atoms with Crippen LogP contribution in [0.1, 0.15) is 15.9 Å². The number of para-hydroxylation sites is 1. The highest BCUT2D eigenvalue weighted by Crippen LogP contribution is 2.28. The summed E-state index contributed by atoms with van der Waals surface area (Å²) in [5, 5.41) is 6.80. The first kappa shape index (κ1) is 15.3. The number of hydrogen-bond acceptors (Lipinski definition) is 3. The Morgan fingerprint density at radius 2 is 2.08 bits per heavy atom. The van der Waals surface area contributed by atoms with Gasteiger partial charge in [-0.25, -0.2) is 0 Å². The van der Waals surface area contributed by atoms with Gasteiger partial charge < -0.3 is 20.4 Å². The number of aromatic amines is 1. The van der Waals surface area contributed by atoms with E-state index in [1.807, 2.05) is 24.4 Å². The number of anilines is 1. The van der Waals surface area contributed by atoms with Crippen LogP contribution in [0.4, 0.5) is 5.69 Å². The van der Waals surface area contributed by atoms with Crippen LogP contribution in [0.25, 0.3) is 10.9 Å². The Hall–Kier alpha value is -3.28. The van der Waals surface area contributed by atoms with Crippen molar-refractivity contribution in [3.05, 3.63) is 59.8 Å². The average Bonchev–Trinajstić information content (AvgIpc) is 3.04. The van der Waals surface area contributed by atoms with Crippen molar-refractivity contribution in [2.45, 2.75) is 6.42 Å². The van der Waals surface area contributed by atoms with Gasteiger partial charge >= 0.3 is 0 Å². The Bertz CT molecular complexity index is 961. The lowest BCUT2D eigenvalue weighted by atomic mass is 10.1. The van der Waals surface area contributed by atoms with Crippen LogP contribution in [-0.4, -0.2) is 29.9 Å². The van der Waals surface area contributed by atoms with Gasteiger partial charge in [0.05, 0.1) is 5.69 Å². The minimum Gasteiger partial charge on any atom is -0.482 e. The van der Waals surface area contributed by atoms with Gasteiger partial charge in [-0.2, -0.15) is 0 Å². The summed E-state index contributed by atoms with van der Waals surface area (Å²) in [6.45, 7) is 0.508. The van der Waals surface area contributed by atoms with Crippen LogP contribution in [0, 0.1) is 0 Å². The molecular formula is C19H17N3O3. The summed E-state index contributed by atoms with van der Waals surface area (Å²) < 4.78 is 5.34. The van der Waals surface area contributed by atoms with E-state index >= 15 is 0 Å². The average molecular weight is 335 g/mol. The number of nitrogens with one attached hydrogen (secondary N) is 3. The second-order valence-electron chi connectivity index (χ2n) is 5.91. The molecule has 2 aromatic carbocycles. The Morgan fingerprint density at radius 3 is 3.00 bits per heavy atom. The molecule has 2 amide bonds. The van der Waals surface area contributed by atoms with Crippen molar-refractivity contribution in [3.63, 3.8) is 0 Å². The maximum absolute atomic E-state index is 12.3. The van der Waals surface area contributed by atoms with Crippen molar-refractivity contribution < 1.29 is 14.3 Å². The smallest absolute Gasteiger partial charge is 0.262 e. The van der Waals surface area contributed by atoms with Crippen molar-refractivity contribution in [3.8, 4) is 5.75 Å². The van der Waals surface area contributed by atoms with E-state index in [4.69, 9.17) is 4.74 Å². The molecule has 0 unspecified atom stereocenters. The molecule has 25 heavy (non-hydrogen) atoms. The van der Waals surface area contributed by atoms with Crippen LogP contribution in [0.5, 0.6) is 5.75 Å². The molecular weight excluding hydrogens is 318 g/mol. The summed E-state index contributed by atoms with van der Waals surface area (Å²) in [5.41, 5.74) is 3.37. The van der Waals surface area contributed by atoms with E-state index in [1.165, 1.54) is 10.9 Å². The number of rotatable bonds is 4. The van der Waals surface area contributed by atoms with Gasteiger partial charge in [-0.15, -0.1) is 0 Å². The van der Waals surface area contributed by atoms with E-state index in [0.717, 1.165) is 11.9 Å². The fraction of sp³-hybridized carbons (Fsp3) is 0.158. The number of benzene rings is 2. The van der Waals surface area contributed by atoms with Crippen LogP contribution < -0.4 is 15.4 Å². The lowest BCUT2D eigenvalue weighted by Gasteiger charge is -2.18. The molecule has 126 valence electrons. The van der Waals surface area contributed by atoms with Crippen molar-refractivity contribution >= 4 is 28.4 Å². The molecule has 1 aliphatic heterocycles. The molecule has 6 heteroatoms. The highest BCUT2D eigenvalue weighted by molar-refractivity contribution is 5.99. The van der Waals surface area contributed by atoms with E-state index < -0.39 is 0 Å². The zero-order valence-electron chi connectivity index (χ0n) is 13.5. The molecule has 0 bridgehead atoms. The summed E-state index contributed by atoms with van der Waals surface area (Å²) in [7, 11) is 0. The predicted octanol–water partition coefficient (Wildman–Crippen LogP) is 2.47. The number of amides is 2. The number of hydrogen-bond donors (Lipinski definition) is 3. The Morgan fingerprint density at radius 1 is 1.20 bits per heavy atom. The lowest BCUT2D eigenvalue weighted by molar-refractivity contribution is -0.118. The standard InChI is InChI=1S/C19H17N3O3/c23-18-11-25-17-9-12(5-6-16(17)22-18)19(24)20-8-7-13-10-21-15-4-2-1-3-14(13)15/h1-6,9-10,21H,7-8,11H2,(H,20,24)(H,22,23). The fourth-order valence-corrected chi connectivity index (χ4v) is 2.97. The minimum atomic E-state index is -0.191. The van der Waals surface area contributed by atoms with E-state index in [9.17, 15) is 9.59 Å². The third kappa shape index (κ3) is 3.06. The van der Waals surface area contributed by atoms with Crippen LogP contribution in [0.2, 0.25) is 0 Å². The minimum absolute atomic E-state index is 0.0291. The van der Waals surface area contributed by atoms with Gasteiger partial charge in [-0.3, -0.25) is 9.59 Å². The number of fused-ring (bicyclic) bond motifs is 2. The maximum Gasteiger partial charge on any atom is 0.262 e. The Labute approximate surface area is 144 Å². The van der Waals surface area contributed by atoms with E-state index in [1.54, 1.807) is 18.2 Å². The quantitative estimate of drug-likeness (QED) is 0.685. The molecule has 0 saturated heterocycles. The Balaban J connectivity index is 1.40. The highest BCUT2D eigenvalue weighted by Gasteiger charge is 2.17. The molecule has 2 heterocycles. The molecule has 3 aromatic rings. The van der Waals surface area contributed by atoms with Crippen LogP contribution in [0.15, 0.2) is 48.7 Å². The molecule has 3 N–H and O–H groups in total. The molecule has 0 radical (unpaired) electrons. The van der Waals surface area contributed by atoms with Gasteiger partial charge in [0.1, 0.15) is 5.75 Å². The summed E-state index contributed by atoms with van der Waals surface area (Å²) >= 11 is 0. The fourth-order valence-electron chi connectivity index (χ4n) is 2.97. The molecule has 4 rings (SSSR count). The molecule has 0 fully saturated rings. The van der Waals surface area contributed by atoms with Crippen LogP contribution >= 0.6 is 0 Å². The molecule has 0 saturated carbocycles. The molecule has 0 spiro atoms. The van der Waals surface area contributed by atoms with Crippen molar-refractivity contribution in [2.75, 3.05) is 18.5 Å². The van der Waals surface area contributed by atoms with Gasteiger partial charge in [0.15, 0.2) is 6.61 Å². The SMILES string of the molecule is O=C1COc2cc(C(=O)NCCc3c[nH]c4ccccc34)ccc2N1. The van der Waals surface area contributed by atoms with Gasteiger partial charge in [-0.05, 0) is 36.2 Å². The van der Waals surface area contributed by atoms with Crippen LogP contribution in [0.3, 0.4) is 0 Å². The topological polar surface area (TPSA) is 83.2 Å². The Kier molecular flexibility index (Phi) is 3.85. The van der Waals surface area contributed by atoms with E-state index in [0.29, 0.717) is 23.5 Å². The number of carbonyl (C=O) groups excluding carboxylic acids is 2. The van der Waals surface area contributed by atoms with Gasteiger partial charge in [0.25, 0.3) is 11.8 Å². The molecule has 1 aromatic heterocycles. The zero-order chi connectivity index (χ0) is 17.2. The monoisotopic (exact) mass is 335 g/mol. The maximum atomic E-state index is 12.3. The highest BCUT2D eigenvalue weighted by atomic mass is 16.5. The second kappa shape index (κ2) is 6.32. The first-order valence-electron chi connectivity index (χ1n) is 8.10. The normalized spacial score (nSPS) is 13.0. The number of carbonyl (C=O) groups is 2. The lowest BCUT2D eigenvalue weighted by Crippen LogP contribution is -2.27. The first-order chi connectivity index (χ1) is 12.2. The number of H-pyrrole nitrogens is 1. The molecule has 6 nitrogen and oxygen atoms in total. The van der Waals surface area contributed by atoms with Crippen molar-refractivity contribution in [1.82, 2.24) is 10.3 Å². The second-order valence-corrected chi connectivity index (χ2v) is 5.91. The molecule has 0 atom stereocenters. The first-order valence-corrected chi connectivity index (χ1v) is 8.10. The summed E-state index contributed by atoms with van der Waals surface area (Å²) in [4.78, 5) is 26.8. The molecule has 0 aliphatic carbocycles. The van der Waals surface area contributed by atoms with Crippen molar-refractivity contribution in [1.29, 1.82) is 0 Å². The van der Waals surface area contributed by atoms with Gasteiger partial charge in [0, 0.05) is 29.2 Å². The number of ether oxygens (including phenoxy) is 1. The van der Waals surface area contributed by atoms with Crippen molar-refractivity contribution in [2.24, 2.45) is 0 Å². The predicted molar refractivity (Wildman–Crippen MR) is 94.9 cm³/mol. The number of aromatic nitrogens is 1. The van der Waals surface area contributed by atoms with Gasteiger partial charge in [-0.1, -0.05) is 18.2 Å². The summed E-state index contributed by atoms with van der Waals surface area (Å²) in [6.07, 6.45) is 2.72. The third-order valence-electron chi connectivity index (χ3n) is 4.23. The van der Waals surface area contributed by atoms with E-state index in [2.05, 4.69) is 21.7 Å². The largest absolute Gasteiger partial charge is 0.482 e. The van der Waals surface area contributed by atoms with Crippen LogP contribution in [-0.2, 0) is 11.2 Å². The summed E-state index contributed by atoms with van der Waals surface area (Å²) in [5.74, 6) is 0.162. The van der Waals surface area contributed by atoms with E-state index in [-0.39, 0.29) is 18.4 Å². The zero-order valence-corrected chi connectivity index (χ0v) is 13.5. The molecule has 1 aliphatic rings.